The van der Waals surface area contributed by atoms with Crippen LogP contribution in [0.2, 0.25) is 0 Å². The number of aromatic nitrogens is 1. The molecule has 162 valence electrons. The lowest BCUT2D eigenvalue weighted by atomic mass is 10.1. The van der Waals surface area contributed by atoms with E-state index in [0.717, 1.165) is 17.8 Å². The van der Waals surface area contributed by atoms with Gasteiger partial charge in [0.25, 0.3) is 5.91 Å². The third kappa shape index (κ3) is 4.49. The average Bonchev–Trinajstić information content (AvgIpc) is 3.46. The minimum atomic E-state index is -0.637. The maximum absolute atomic E-state index is 12.7. The number of Topliss-reactive ketones (excluding diaryl/α,β-unsaturated/α-hetero) is 1. The van der Waals surface area contributed by atoms with Crippen LogP contribution in [-0.4, -0.2) is 60.0 Å². The Morgan fingerprint density at radius 3 is 2.73 bits per heavy atom. The molecule has 1 saturated heterocycles. The van der Waals surface area contributed by atoms with Gasteiger partial charge in [-0.05, 0) is 51.1 Å². The quantitative estimate of drug-likeness (QED) is 0.472. The summed E-state index contributed by atoms with van der Waals surface area (Å²) in [5.41, 5.74) is 2.32. The molecule has 1 fully saturated rings. The first-order chi connectivity index (χ1) is 14.3. The fourth-order valence-electron chi connectivity index (χ4n) is 4.16. The highest BCUT2D eigenvalue weighted by molar-refractivity contribution is 7.12. The lowest BCUT2D eigenvalue weighted by Gasteiger charge is -2.22. The summed E-state index contributed by atoms with van der Waals surface area (Å²) in [6, 6.07) is 4.83. The summed E-state index contributed by atoms with van der Waals surface area (Å²) in [4.78, 5) is 40.1. The number of aryl methyl sites for hydroxylation is 1. The largest absolute Gasteiger partial charge is 0.456 e. The number of ether oxygens (including phenoxy) is 2. The number of ketones is 1. The molecule has 0 aromatic carbocycles. The van der Waals surface area contributed by atoms with E-state index in [2.05, 4.69) is 4.57 Å². The summed E-state index contributed by atoms with van der Waals surface area (Å²) in [5, 5.41) is 1.83. The Hall–Kier alpha value is -2.45. The van der Waals surface area contributed by atoms with Crippen LogP contribution < -0.4 is 0 Å². The summed E-state index contributed by atoms with van der Waals surface area (Å²) >= 11 is 1.35. The molecule has 30 heavy (non-hydrogen) atoms. The minimum Gasteiger partial charge on any atom is -0.456 e. The molecule has 0 saturated carbocycles. The van der Waals surface area contributed by atoms with Gasteiger partial charge in [-0.2, -0.15) is 0 Å². The molecule has 2 atom stereocenters. The number of carbonyl (C=O) groups excluding carboxylic acids is 3. The maximum atomic E-state index is 12.7. The lowest BCUT2D eigenvalue weighted by molar-refractivity contribution is -0.147. The van der Waals surface area contributed by atoms with Crippen LogP contribution in [0.15, 0.2) is 23.6 Å². The second-order valence-electron chi connectivity index (χ2n) is 7.62. The van der Waals surface area contributed by atoms with Crippen molar-refractivity contribution in [2.24, 2.45) is 0 Å². The molecule has 0 spiro atoms. The highest BCUT2D eigenvalue weighted by Gasteiger charge is 2.36. The van der Waals surface area contributed by atoms with Gasteiger partial charge in [0.05, 0.1) is 17.5 Å². The zero-order valence-corrected chi connectivity index (χ0v) is 18.7. The average molecular weight is 433 g/mol. The first-order valence-electron chi connectivity index (χ1n) is 10.1. The van der Waals surface area contributed by atoms with E-state index in [0.29, 0.717) is 30.0 Å². The number of esters is 1. The number of methoxy groups -OCH3 is 1. The van der Waals surface area contributed by atoms with Crippen LogP contribution in [0.5, 0.6) is 0 Å². The molecular formula is C22H28N2O5S. The lowest BCUT2D eigenvalue weighted by Crippen LogP contribution is -2.41. The molecule has 0 radical (unpaired) electrons. The number of rotatable bonds is 8. The first kappa shape index (κ1) is 22.2. The van der Waals surface area contributed by atoms with E-state index >= 15 is 0 Å². The summed E-state index contributed by atoms with van der Waals surface area (Å²) < 4.78 is 12.6. The third-order valence-corrected chi connectivity index (χ3v) is 6.35. The second kappa shape index (κ2) is 9.57. The molecule has 1 aliphatic heterocycles. The monoisotopic (exact) mass is 432 g/mol. The predicted molar refractivity (Wildman–Crippen MR) is 114 cm³/mol. The van der Waals surface area contributed by atoms with Crippen LogP contribution in [0.3, 0.4) is 0 Å². The van der Waals surface area contributed by atoms with Gasteiger partial charge in [0, 0.05) is 30.6 Å². The van der Waals surface area contributed by atoms with Crippen molar-refractivity contribution in [2.45, 2.75) is 45.7 Å². The normalized spacial score (nSPS) is 17.2. The molecule has 0 aliphatic carbocycles. The van der Waals surface area contributed by atoms with Crippen molar-refractivity contribution in [2.75, 3.05) is 26.9 Å². The van der Waals surface area contributed by atoms with Crippen molar-refractivity contribution in [3.05, 3.63) is 45.4 Å². The van der Waals surface area contributed by atoms with E-state index in [1.54, 1.807) is 18.1 Å². The van der Waals surface area contributed by atoms with Crippen LogP contribution in [0.25, 0.3) is 0 Å². The number of amides is 1. The molecule has 0 bridgehead atoms. The Kier molecular flexibility index (Phi) is 7.10. The number of carbonyl (C=O) groups is 3. The van der Waals surface area contributed by atoms with Crippen LogP contribution >= 0.6 is 11.3 Å². The molecule has 3 rings (SSSR count). The molecule has 7 nitrogen and oxygen atoms in total. The first-order valence-corrected chi connectivity index (χ1v) is 10.9. The Labute approximate surface area is 180 Å². The van der Waals surface area contributed by atoms with Crippen molar-refractivity contribution < 1.29 is 23.9 Å². The van der Waals surface area contributed by atoms with E-state index < -0.39 is 12.0 Å². The minimum absolute atomic E-state index is 0.0920. The fraction of sp³-hybridized carbons (Fsp3) is 0.500. The topological polar surface area (TPSA) is 77.8 Å². The van der Waals surface area contributed by atoms with Crippen molar-refractivity contribution >= 4 is 29.0 Å². The molecule has 1 aliphatic rings. The van der Waals surface area contributed by atoms with Gasteiger partial charge in [-0.1, -0.05) is 6.07 Å². The van der Waals surface area contributed by atoms with E-state index in [4.69, 9.17) is 9.47 Å². The molecule has 0 unspecified atom stereocenters. The van der Waals surface area contributed by atoms with Crippen LogP contribution in [0, 0.1) is 13.8 Å². The molecule has 0 N–H and O–H groups in total. The Balaban J connectivity index is 1.64. The summed E-state index contributed by atoms with van der Waals surface area (Å²) in [5.74, 6) is -0.930. The zero-order chi connectivity index (χ0) is 21.8. The maximum Gasteiger partial charge on any atom is 0.329 e. The smallest absolute Gasteiger partial charge is 0.329 e. The molecule has 1 amide bonds. The SMILES string of the molecule is COC[C@H](C)n1c(C)cc(C(=O)COC(=O)[C@H]2CCCN2C(=O)c2cccs2)c1C. The van der Waals surface area contributed by atoms with Gasteiger partial charge in [-0.3, -0.25) is 9.59 Å². The van der Waals surface area contributed by atoms with E-state index in [1.807, 2.05) is 38.3 Å². The van der Waals surface area contributed by atoms with E-state index in [9.17, 15) is 14.4 Å². The Morgan fingerprint density at radius 2 is 2.07 bits per heavy atom. The van der Waals surface area contributed by atoms with E-state index in [-0.39, 0.29) is 24.3 Å². The number of nitrogens with zero attached hydrogens (tertiary/aromatic N) is 2. The second-order valence-corrected chi connectivity index (χ2v) is 8.57. The van der Waals surface area contributed by atoms with Gasteiger partial charge in [-0.15, -0.1) is 11.3 Å². The number of hydrogen-bond donors (Lipinski definition) is 0. The molecule has 2 aromatic heterocycles. The number of hydrogen-bond acceptors (Lipinski definition) is 6. The van der Waals surface area contributed by atoms with Crippen LogP contribution in [0.4, 0.5) is 0 Å². The van der Waals surface area contributed by atoms with Gasteiger partial charge in [0.2, 0.25) is 5.78 Å². The van der Waals surface area contributed by atoms with Crippen molar-refractivity contribution in [3.8, 4) is 0 Å². The van der Waals surface area contributed by atoms with Crippen LogP contribution in [0.1, 0.15) is 57.2 Å². The van der Waals surface area contributed by atoms with Gasteiger partial charge >= 0.3 is 5.97 Å². The Bertz CT molecular complexity index is 918. The number of thiophene rings is 1. The van der Waals surface area contributed by atoms with Gasteiger partial charge in [-0.25, -0.2) is 4.79 Å². The molecule has 3 heterocycles. The molecule has 2 aromatic rings. The third-order valence-electron chi connectivity index (χ3n) is 5.50. The highest BCUT2D eigenvalue weighted by atomic mass is 32.1. The van der Waals surface area contributed by atoms with Gasteiger partial charge in [0.1, 0.15) is 6.04 Å². The summed E-state index contributed by atoms with van der Waals surface area (Å²) in [7, 11) is 1.64. The predicted octanol–water partition coefficient (Wildman–Crippen LogP) is 3.40. The van der Waals surface area contributed by atoms with Crippen molar-refractivity contribution in [1.29, 1.82) is 0 Å². The summed E-state index contributed by atoms with van der Waals surface area (Å²) in [6.07, 6.45) is 1.29. The summed E-state index contributed by atoms with van der Waals surface area (Å²) in [6.45, 7) is 6.56. The highest BCUT2D eigenvalue weighted by Crippen LogP contribution is 2.24. The van der Waals surface area contributed by atoms with Crippen molar-refractivity contribution in [1.82, 2.24) is 9.47 Å². The fourth-order valence-corrected chi connectivity index (χ4v) is 4.84. The van der Waals surface area contributed by atoms with Crippen molar-refractivity contribution in [3.63, 3.8) is 0 Å². The zero-order valence-electron chi connectivity index (χ0n) is 17.8. The van der Waals surface area contributed by atoms with Gasteiger partial charge < -0.3 is 18.9 Å². The van der Waals surface area contributed by atoms with Crippen LogP contribution in [-0.2, 0) is 14.3 Å². The molecular weight excluding hydrogens is 404 g/mol. The Morgan fingerprint density at radius 1 is 1.30 bits per heavy atom. The van der Waals surface area contributed by atoms with Gasteiger partial charge in [0.15, 0.2) is 6.61 Å². The molecule has 8 heteroatoms. The van der Waals surface area contributed by atoms with E-state index in [1.165, 1.54) is 11.3 Å². The number of likely N-dealkylation sites (tertiary alicyclic amines) is 1. The standard InChI is InChI=1S/C22H28N2O5S/c1-14-11-17(16(3)24(14)15(2)12-28-4)19(25)13-29-22(27)18-7-5-9-23(18)21(26)20-8-6-10-30-20/h6,8,10-11,15,18H,5,7,9,12-13H2,1-4H3/t15-,18+/m0/s1.